The molecule has 1 atom stereocenters. The topological polar surface area (TPSA) is 47.4 Å². The second-order valence-corrected chi connectivity index (χ2v) is 14.0. The molecule has 1 aliphatic rings. The molecule has 0 saturated carbocycles. The van der Waals surface area contributed by atoms with Crippen molar-refractivity contribution >= 4 is 88.0 Å². The van der Waals surface area contributed by atoms with Crippen molar-refractivity contribution in [2.45, 2.75) is 6.04 Å². The maximum atomic E-state index is 6.50. The summed E-state index contributed by atoms with van der Waals surface area (Å²) < 4.78 is 11.2. The Morgan fingerprint density at radius 3 is 1.96 bits per heavy atom. The van der Waals surface area contributed by atoms with Crippen molar-refractivity contribution in [1.82, 2.24) is 14.5 Å². The molecule has 248 valence electrons. The van der Waals surface area contributed by atoms with Gasteiger partial charge in [0.2, 0.25) is 5.96 Å². The Bertz CT molecular complexity index is 3330. The first-order chi connectivity index (χ1) is 26.3. The fourth-order valence-corrected chi connectivity index (χ4v) is 8.87. The highest BCUT2D eigenvalue weighted by atomic mass is 16.3. The van der Waals surface area contributed by atoms with Gasteiger partial charge in [0.05, 0.1) is 33.8 Å². The smallest absolute Gasteiger partial charge is 0.209 e. The number of furan rings is 1. The highest BCUT2D eigenvalue weighted by molar-refractivity contribution is 6.30. The molecule has 4 heterocycles. The molecular formula is C48H30N4O. The first-order valence-electron chi connectivity index (χ1n) is 18.1. The standard InChI is InChI=1S/C48H30N4O/c1-2-13-31(14-3-1)51-39-20-10-7-17-35(39)44-41(51)25-26-42-45(44)36-18-8-11-21-40(36)52(42)48-49-38-19-9-6-16-34(38)46(50-48)30-23-27-43-37(28-30)33-24-22-29-12-4-5-15-32(29)47(33)53-43/h1-28,46H,(H,49,50). The van der Waals surface area contributed by atoms with Crippen LogP contribution in [-0.4, -0.2) is 15.1 Å². The van der Waals surface area contributed by atoms with Crippen LogP contribution in [-0.2, 0) is 0 Å². The van der Waals surface area contributed by atoms with E-state index in [1.807, 2.05) is 0 Å². The van der Waals surface area contributed by atoms with E-state index in [0.29, 0.717) is 0 Å². The predicted molar refractivity (Wildman–Crippen MR) is 219 cm³/mol. The van der Waals surface area contributed by atoms with Gasteiger partial charge in [0, 0.05) is 49.0 Å². The highest BCUT2D eigenvalue weighted by Gasteiger charge is 2.28. The monoisotopic (exact) mass is 678 g/mol. The zero-order valence-corrected chi connectivity index (χ0v) is 28.5. The van der Waals surface area contributed by atoms with Crippen molar-refractivity contribution < 1.29 is 4.42 Å². The summed E-state index contributed by atoms with van der Waals surface area (Å²) in [6.07, 6.45) is 0. The summed E-state index contributed by atoms with van der Waals surface area (Å²) in [7, 11) is 0. The van der Waals surface area contributed by atoms with Crippen LogP contribution in [0.2, 0.25) is 0 Å². The molecule has 0 aliphatic carbocycles. The van der Waals surface area contributed by atoms with Crippen LogP contribution in [0.3, 0.4) is 0 Å². The molecule has 5 nitrogen and oxygen atoms in total. The third-order valence-electron chi connectivity index (χ3n) is 11.2. The average Bonchev–Trinajstić information content (AvgIpc) is 3.88. The second kappa shape index (κ2) is 10.7. The third kappa shape index (κ3) is 3.99. The summed E-state index contributed by atoms with van der Waals surface area (Å²) in [4.78, 5) is 5.34. The number of aromatic nitrogens is 2. The van der Waals surface area contributed by atoms with Gasteiger partial charge in [0.25, 0.3) is 0 Å². The van der Waals surface area contributed by atoms with Crippen LogP contribution in [0.1, 0.15) is 17.2 Å². The van der Waals surface area contributed by atoms with Crippen molar-refractivity contribution in [1.29, 1.82) is 0 Å². The molecule has 5 heteroatoms. The molecule has 12 rings (SSSR count). The number of nitrogens with zero attached hydrogens (tertiary/aromatic N) is 3. The SMILES string of the molecule is c1ccc(-n2c3ccccc3c3c4c5ccccc5n(C5=Nc6ccccc6C(c6ccc7oc8c9ccccc9ccc8c7c6)N5)c4ccc32)cc1. The van der Waals surface area contributed by atoms with Crippen molar-refractivity contribution in [3.63, 3.8) is 0 Å². The van der Waals surface area contributed by atoms with Crippen molar-refractivity contribution in [2.75, 3.05) is 0 Å². The van der Waals surface area contributed by atoms with E-state index in [1.165, 1.54) is 38.0 Å². The van der Waals surface area contributed by atoms with Gasteiger partial charge in [0.15, 0.2) is 0 Å². The Balaban J connectivity index is 1.09. The second-order valence-electron chi connectivity index (χ2n) is 14.0. The third-order valence-corrected chi connectivity index (χ3v) is 11.2. The lowest BCUT2D eigenvalue weighted by Crippen LogP contribution is -2.36. The lowest BCUT2D eigenvalue weighted by Gasteiger charge is -2.28. The molecule has 1 N–H and O–H groups in total. The van der Waals surface area contributed by atoms with E-state index in [0.717, 1.165) is 66.8 Å². The Morgan fingerprint density at radius 1 is 0.491 bits per heavy atom. The number of para-hydroxylation sites is 4. The molecule has 0 spiro atoms. The molecule has 53 heavy (non-hydrogen) atoms. The molecule has 1 unspecified atom stereocenters. The molecule has 1 aliphatic heterocycles. The van der Waals surface area contributed by atoms with Gasteiger partial charge >= 0.3 is 0 Å². The normalized spacial score (nSPS) is 14.5. The quantitative estimate of drug-likeness (QED) is 0.198. The first kappa shape index (κ1) is 28.6. The fraction of sp³-hybridized carbons (Fsp3) is 0.0208. The predicted octanol–water partition coefficient (Wildman–Crippen LogP) is 12.2. The Hall–Kier alpha value is -7.11. The number of hydrogen-bond donors (Lipinski definition) is 1. The van der Waals surface area contributed by atoms with Crippen LogP contribution in [0.25, 0.3) is 82.0 Å². The van der Waals surface area contributed by atoms with Gasteiger partial charge in [-0.2, -0.15) is 0 Å². The van der Waals surface area contributed by atoms with Gasteiger partial charge in [0.1, 0.15) is 11.2 Å². The van der Waals surface area contributed by atoms with E-state index in [-0.39, 0.29) is 6.04 Å². The van der Waals surface area contributed by atoms with Crippen molar-refractivity contribution in [2.24, 2.45) is 4.99 Å². The largest absolute Gasteiger partial charge is 0.455 e. The lowest BCUT2D eigenvalue weighted by molar-refractivity contribution is 0.671. The summed E-state index contributed by atoms with van der Waals surface area (Å²) in [5.41, 5.74) is 10.8. The zero-order chi connectivity index (χ0) is 34.6. The van der Waals surface area contributed by atoms with E-state index in [4.69, 9.17) is 9.41 Å². The maximum absolute atomic E-state index is 6.50. The van der Waals surface area contributed by atoms with Crippen molar-refractivity contribution in [3.8, 4) is 5.69 Å². The summed E-state index contributed by atoms with van der Waals surface area (Å²) in [5, 5.41) is 13.4. The zero-order valence-electron chi connectivity index (χ0n) is 28.5. The molecule has 0 fully saturated rings. The number of fused-ring (bicyclic) bond motifs is 13. The fourth-order valence-electron chi connectivity index (χ4n) is 8.87. The number of benzene rings is 8. The number of hydrogen-bond acceptors (Lipinski definition) is 3. The van der Waals surface area contributed by atoms with E-state index in [2.05, 4.69) is 184 Å². The van der Waals surface area contributed by atoms with Gasteiger partial charge in [-0.15, -0.1) is 0 Å². The Kier molecular flexibility index (Phi) is 5.77. The van der Waals surface area contributed by atoms with Crippen molar-refractivity contribution in [3.05, 3.63) is 181 Å². The molecule has 0 radical (unpaired) electrons. The number of nitrogens with one attached hydrogen (secondary N) is 1. The van der Waals surface area contributed by atoms with E-state index in [1.54, 1.807) is 0 Å². The van der Waals surface area contributed by atoms with Crippen LogP contribution < -0.4 is 5.32 Å². The molecule has 3 aromatic heterocycles. The van der Waals surface area contributed by atoms with Crippen LogP contribution in [0.15, 0.2) is 179 Å². The van der Waals surface area contributed by atoms with Gasteiger partial charge in [-0.1, -0.05) is 109 Å². The van der Waals surface area contributed by atoms with Crippen LogP contribution >= 0.6 is 0 Å². The molecule has 0 saturated heterocycles. The number of rotatable bonds is 2. The summed E-state index contributed by atoms with van der Waals surface area (Å²) in [6.45, 7) is 0. The van der Waals surface area contributed by atoms with Gasteiger partial charge < -0.3 is 14.3 Å². The molecule has 11 aromatic rings. The van der Waals surface area contributed by atoms with E-state index < -0.39 is 0 Å². The minimum Gasteiger partial charge on any atom is -0.455 e. The van der Waals surface area contributed by atoms with Crippen LogP contribution in [0.4, 0.5) is 5.69 Å². The molecular weight excluding hydrogens is 649 g/mol. The summed E-state index contributed by atoms with van der Waals surface area (Å²) in [5.74, 6) is 0.800. The summed E-state index contributed by atoms with van der Waals surface area (Å²) >= 11 is 0. The summed E-state index contributed by atoms with van der Waals surface area (Å²) in [6, 6.07) is 60.5. The van der Waals surface area contributed by atoms with Gasteiger partial charge in [-0.25, -0.2) is 4.99 Å². The molecule has 0 bridgehead atoms. The Morgan fingerprint density at radius 2 is 1.15 bits per heavy atom. The van der Waals surface area contributed by atoms with Crippen LogP contribution in [0.5, 0.6) is 0 Å². The van der Waals surface area contributed by atoms with Crippen LogP contribution in [0, 0.1) is 0 Å². The minimum absolute atomic E-state index is 0.131. The van der Waals surface area contributed by atoms with Gasteiger partial charge in [-0.3, -0.25) is 4.57 Å². The minimum atomic E-state index is -0.131. The van der Waals surface area contributed by atoms with E-state index >= 15 is 0 Å². The first-order valence-corrected chi connectivity index (χ1v) is 18.1. The molecule has 0 amide bonds. The van der Waals surface area contributed by atoms with E-state index in [9.17, 15) is 0 Å². The lowest BCUT2D eigenvalue weighted by atomic mass is 9.94. The molecule has 8 aromatic carbocycles. The highest BCUT2D eigenvalue weighted by Crippen LogP contribution is 2.43. The average molecular weight is 679 g/mol. The Labute approximate surface area is 303 Å². The van der Waals surface area contributed by atoms with Gasteiger partial charge in [-0.05, 0) is 71.6 Å². The number of aliphatic imine (C=N–C) groups is 1. The maximum Gasteiger partial charge on any atom is 0.209 e.